The molecule has 2 saturated heterocycles. The Bertz CT molecular complexity index is 1220. The Balaban J connectivity index is 1.22. The molecule has 2 aliphatic heterocycles. The van der Waals surface area contributed by atoms with E-state index in [0.717, 1.165) is 39.0 Å². The topological polar surface area (TPSA) is 112 Å². The Hall–Kier alpha value is -2.54. The Morgan fingerprint density at radius 2 is 1.63 bits per heavy atom. The van der Waals surface area contributed by atoms with Crippen molar-refractivity contribution in [2.75, 3.05) is 59.5 Å². The summed E-state index contributed by atoms with van der Waals surface area (Å²) >= 11 is 0. The van der Waals surface area contributed by atoms with Gasteiger partial charge in [0.05, 0.1) is 18.6 Å². The van der Waals surface area contributed by atoms with E-state index in [1.54, 1.807) is 38.0 Å². The number of hydrogen-bond donors (Lipinski definition) is 0. The van der Waals surface area contributed by atoms with Gasteiger partial charge in [-0.15, -0.1) is 0 Å². The maximum Gasteiger partial charge on any atom is 0.316 e. The fraction of sp³-hybridized carbons (Fsp3) is 0.654. The lowest BCUT2D eigenvalue weighted by atomic mass is 10.1. The standard InChI is InChI=1S/C26H38N6O5S/c1-19-16-22(36-3)17-20(2)24(19)38(34,35)32(21-6-7-21)18-23-27-25(37-28-23)26(33)31-14-12-30(13-15-31)11-10-29-8-4-5-9-29/h16-17,21H,4-15,18H2,1-3H3. The number of aromatic nitrogens is 2. The van der Waals surface area contributed by atoms with Gasteiger partial charge >= 0.3 is 11.8 Å². The highest BCUT2D eigenvalue weighted by Crippen LogP contribution is 2.36. The minimum atomic E-state index is -3.82. The summed E-state index contributed by atoms with van der Waals surface area (Å²) in [7, 11) is -2.26. The van der Waals surface area contributed by atoms with Crippen LogP contribution in [0.2, 0.25) is 0 Å². The number of nitrogens with zero attached hydrogens (tertiary/aromatic N) is 6. The van der Waals surface area contributed by atoms with Crippen LogP contribution in [0.15, 0.2) is 21.6 Å². The summed E-state index contributed by atoms with van der Waals surface area (Å²) in [4.78, 5) is 24.3. The van der Waals surface area contributed by atoms with Gasteiger partial charge in [0, 0.05) is 45.3 Å². The number of carbonyl (C=O) groups is 1. The Kier molecular flexibility index (Phi) is 8.03. The molecule has 0 bridgehead atoms. The number of ether oxygens (including phenoxy) is 1. The van der Waals surface area contributed by atoms with Crippen molar-refractivity contribution >= 4 is 15.9 Å². The molecule has 12 heteroatoms. The summed E-state index contributed by atoms with van der Waals surface area (Å²) in [6.45, 7) is 10.8. The number of methoxy groups -OCH3 is 1. The first-order valence-electron chi connectivity index (χ1n) is 13.5. The first-order chi connectivity index (χ1) is 18.3. The summed E-state index contributed by atoms with van der Waals surface area (Å²) in [6.07, 6.45) is 4.14. The summed E-state index contributed by atoms with van der Waals surface area (Å²) in [5, 5.41) is 3.97. The van der Waals surface area contributed by atoms with Gasteiger partial charge in [0.2, 0.25) is 10.0 Å². The molecule has 208 valence electrons. The molecule has 0 atom stereocenters. The van der Waals surface area contributed by atoms with E-state index in [9.17, 15) is 13.2 Å². The maximum atomic E-state index is 13.7. The SMILES string of the molecule is COc1cc(C)c(S(=O)(=O)N(Cc2noc(C(=O)N3CCN(CCN4CCCC4)CC3)n2)C2CC2)c(C)c1. The largest absolute Gasteiger partial charge is 0.497 e. The van der Waals surface area contributed by atoms with Crippen LogP contribution in [0.4, 0.5) is 0 Å². The third-order valence-electron chi connectivity index (χ3n) is 7.73. The van der Waals surface area contributed by atoms with Crippen LogP contribution in [-0.2, 0) is 16.6 Å². The van der Waals surface area contributed by atoms with E-state index >= 15 is 0 Å². The zero-order chi connectivity index (χ0) is 26.9. The zero-order valence-corrected chi connectivity index (χ0v) is 23.4. The minimum absolute atomic E-state index is 0.0427. The van der Waals surface area contributed by atoms with Gasteiger partial charge in [-0.25, -0.2) is 8.42 Å². The average Bonchev–Trinajstić information content (AvgIpc) is 3.38. The molecule has 5 rings (SSSR count). The fourth-order valence-electron chi connectivity index (χ4n) is 5.47. The number of likely N-dealkylation sites (tertiary alicyclic amines) is 1. The van der Waals surface area contributed by atoms with Gasteiger partial charge < -0.3 is 19.1 Å². The summed E-state index contributed by atoms with van der Waals surface area (Å²) in [6, 6.07) is 3.33. The van der Waals surface area contributed by atoms with E-state index in [-0.39, 0.29) is 35.1 Å². The van der Waals surface area contributed by atoms with E-state index in [1.807, 2.05) is 0 Å². The number of piperazine rings is 1. The second-order valence-electron chi connectivity index (χ2n) is 10.6. The van der Waals surface area contributed by atoms with E-state index in [4.69, 9.17) is 9.26 Å². The number of rotatable bonds is 10. The third kappa shape index (κ3) is 5.88. The Morgan fingerprint density at radius 1 is 1.03 bits per heavy atom. The van der Waals surface area contributed by atoms with Gasteiger partial charge in [-0.3, -0.25) is 9.69 Å². The van der Waals surface area contributed by atoms with Crippen molar-refractivity contribution < 1.29 is 22.5 Å². The first kappa shape index (κ1) is 27.0. The summed E-state index contributed by atoms with van der Waals surface area (Å²) in [5.74, 6) is 0.420. The quantitative estimate of drug-likeness (QED) is 0.441. The molecular formula is C26H38N6O5S. The van der Waals surface area contributed by atoms with Crippen molar-refractivity contribution in [2.24, 2.45) is 0 Å². The highest BCUT2D eigenvalue weighted by Gasteiger charge is 2.40. The lowest BCUT2D eigenvalue weighted by Gasteiger charge is -2.34. The van der Waals surface area contributed by atoms with Crippen LogP contribution < -0.4 is 4.74 Å². The number of aryl methyl sites for hydroxylation is 2. The molecule has 3 aliphatic rings. The van der Waals surface area contributed by atoms with E-state index in [1.165, 1.54) is 30.2 Å². The predicted octanol–water partition coefficient (Wildman–Crippen LogP) is 1.90. The number of hydrogen-bond acceptors (Lipinski definition) is 9. The van der Waals surface area contributed by atoms with Gasteiger partial charge in [-0.2, -0.15) is 9.29 Å². The van der Waals surface area contributed by atoms with Gasteiger partial charge in [0.15, 0.2) is 5.82 Å². The highest BCUT2D eigenvalue weighted by molar-refractivity contribution is 7.89. The van der Waals surface area contributed by atoms with Gasteiger partial charge in [0.25, 0.3) is 0 Å². The molecule has 0 N–H and O–H groups in total. The van der Waals surface area contributed by atoms with E-state index in [2.05, 4.69) is 19.9 Å². The molecule has 3 heterocycles. The maximum absolute atomic E-state index is 13.7. The fourth-order valence-corrected chi connectivity index (χ4v) is 7.52. The minimum Gasteiger partial charge on any atom is -0.497 e. The monoisotopic (exact) mass is 546 g/mol. The molecule has 1 aliphatic carbocycles. The number of sulfonamides is 1. The zero-order valence-electron chi connectivity index (χ0n) is 22.6. The van der Waals surface area contributed by atoms with Crippen molar-refractivity contribution in [1.82, 2.24) is 29.1 Å². The van der Waals surface area contributed by atoms with Crippen LogP contribution in [0.3, 0.4) is 0 Å². The normalized spacial score (nSPS) is 19.4. The Labute approximate surface area is 224 Å². The summed E-state index contributed by atoms with van der Waals surface area (Å²) < 4.78 is 39.5. The molecule has 1 aromatic heterocycles. The van der Waals surface area contributed by atoms with Gasteiger partial charge in [0.1, 0.15) is 5.75 Å². The van der Waals surface area contributed by atoms with Crippen molar-refractivity contribution in [3.8, 4) is 5.75 Å². The Morgan fingerprint density at radius 3 is 2.21 bits per heavy atom. The molecule has 0 radical (unpaired) electrons. The van der Waals surface area contributed by atoms with Crippen molar-refractivity contribution in [2.45, 2.75) is 57.0 Å². The third-order valence-corrected chi connectivity index (χ3v) is 9.93. The molecule has 2 aromatic rings. The molecule has 11 nitrogen and oxygen atoms in total. The van der Waals surface area contributed by atoms with Crippen LogP contribution in [-0.4, -0.2) is 109 Å². The summed E-state index contributed by atoms with van der Waals surface area (Å²) in [5.41, 5.74) is 1.24. The molecule has 1 amide bonds. The smallest absolute Gasteiger partial charge is 0.316 e. The molecule has 1 saturated carbocycles. The lowest BCUT2D eigenvalue weighted by Crippen LogP contribution is -2.50. The number of benzene rings is 1. The highest BCUT2D eigenvalue weighted by atomic mass is 32.2. The molecule has 3 fully saturated rings. The number of carbonyl (C=O) groups excluding carboxylic acids is 1. The van der Waals surface area contributed by atoms with Crippen LogP contribution >= 0.6 is 0 Å². The van der Waals surface area contributed by atoms with Crippen LogP contribution in [0.1, 0.15) is 53.3 Å². The van der Waals surface area contributed by atoms with Crippen molar-refractivity contribution in [1.29, 1.82) is 0 Å². The first-order valence-corrected chi connectivity index (χ1v) is 14.9. The molecule has 0 spiro atoms. The predicted molar refractivity (Wildman–Crippen MR) is 141 cm³/mol. The average molecular weight is 547 g/mol. The van der Waals surface area contributed by atoms with E-state index in [0.29, 0.717) is 30.0 Å². The molecule has 38 heavy (non-hydrogen) atoms. The van der Waals surface area contributed by atoms with Crippen LogP contribution in [0, 0.1) is 13.8 Å². The van der Waals surface area contributed by atoms with Gasteiger partial charge in [-0.05, 0) is 75.9 Å². The molecular weight excluding hydrogens is 508 g/mol. The van der Waals surface area contributed by atoms with E-state index < -0.39 is 10.0 Å². The molecule has 1 aromatic carbocycles. The number of amides is 1. The second-order valence-corrected chi connectivity index (χ2v) is 12.4. The van der Waals surface area contributed by atoms with Gasteiger partial charge in [-0.1, -0.05) is 5.16 Å². The van der Waals surface area contributed by atoms with Crippen molar-refractivity contribution in [3.05, 3.63) is 35.0 Å². The van der Waals surface area contributed by atoms with Crippen LogP contribution in [0.25, 0.3) is 0 Å². The van der Waals surface area contributed by atoms with Crippen molar-refractivity contribution in [3.63, 3.8) is 0 Å². The lowest BCUT2D eigenvalue weighted by molar-refractivity contribution is 0.0579. The second kappa shape index (κ2) is 11.3. The van der Waals surface area contributed by atoms with Crippen LogP contribution in [0.5, 0.6) is 5.75 Å². The molecule has 0 unspecified atom stereocenters.